The van der Waals surface area contributed by atoms with E-state index >= 15 is 0 Å². The maximum absolute atomic E-state index is 12.7. The molecule has 0 unspecified atom stereocenters. The van der Waals surface area contributed by atoms with E-state index < -0.39 is 0 Å². The average molecular weight is 433 g/mol. The van der Waals surface area contributed by atoms with Crippen LogP contribution in [0.15, 0.2) is 76.1 Å². The molecule has 4 rings (SSSR count). The Morgan fingerprint density at radius 3 is 2.48 bits per heavy atom. The Hall–Kier alpha value is -3.58. The van der Waals surface area contributed by atoms with Crippen molar-refractivity contribution in [3.05, 3.63) is 88.5 Å². The normalized spacial score (nSPS) is 15.0. The first-order chi connectivity index (χ1) is 15.0. The molecule has 0 spiro atoms. The standard InChI is InChI=1S/C24H19NO5S/c1-2-29-23(27)18-10-8-17(9-11-18)20-13-12-19(30-20)14-21-22(26)25(24(28)31-21)15-16-6-4-3-5-7-16/h3-14H,2,15H2,1H3/b21-14-. The van der Waals surface area contributed by atoms with E-state index in [1.54, 1.807) is 49.4 Å². The number of carbonyl (C=O) groups is 3. The summed E-state index contributed by atoms with van der Waals surface area (Å²) in [6.45, 7) is 2.31. The van der Waals surface area contributed by atoms with Gasteiger partial charge in [-0.15, -0.1) is 0 Å². The molecular weight excluding hydrogens is 414 g/mol. The Bertz CT molecular complexity index is 1150. The molecule has 1 aromatic heterocycles. The van der Waals surface area contributed by atoms with Crippen LogP contribution in [0.5, 0.6) is 0 Å². The van der Waals surface area contributed by atoms with Crippen molar-refractivity contribution in [3.63, 3.8) is 0 Å². The third-order valence-electron chi connectivity index (χ3n) is 4.64. The van der Waals surface area contributed by atoms with Crippen LogP contribution in [0.2, 0.25) is 0 Å². The van der Waals surface area contributed by atoms with Crippen LogP contribution in [-0.2, 0) is 16.1 Å². The Morgan fingerprint density at radius 2 is 1.77 bits per heavy atom. The van der Waals surface area contributed by atoms with Crippen molar-refractivity contribution in [3.8, 4) is 11.3 Å². The monoisotopic (exact) mass is 433 g/mol. The lowest BCUT2D eigenvalue weighted by molar-refractivity contribution is -0.123. The fourth-order valence-corrected chi connectivity index (χ4v) is 3.92. The first kappa shape index (κ1) is 20.7. The number of imide groups is 1. The van der Waals surface area contributed by atoms with Crippen molar-refractivity contribution >= 4 is 35.0 Å². The average Bonchev–Trinajstić information content (AvgIpc) is 3.35. The summed E-state index contributed by atoms with van der Waals surface area (Å²) < 4.78 is 10.8. The molecule has 1 fully saturated rings. The second-order valence-electron chi connectivity index (χ2n) is 6.75. The van der Waals surface area contributed by atoms with Gasteiger partial charge in [0.15, 0.2) is 0 Å². The van der Waals surface area contributed by atoms with E-state index in [1.165, 1.54) is 4.90 Å². The summed E-state index contributed by atoms with van der Waals surface area (Å²) in [5, 5.41) is -0.304. The first-order valence-electron chi connectivity index (χ1n) is 9.72. The molecular formula is C24H19NO5S. The Kier molecular flexibility index (Phi) is 6.04. The minimum atomic E-state index is -0.375. The van der Waals surface area contributed by atoms with Gasteiger partial charge in [-0.25, -0.2) is 4.79 Å². The summed E-state index contributed by atoms with van der Waals surface area (Å²) in [6.07, 6.45) is 1.58. The van der Waals surface area contributed by atoms with E-state index in [9.17, 15) is 14.4 Å². The van der Waals surface area contributed by atoms with Gasteiger partial charge in [0.1, 0.15) is 11.5 Å². The van der Waals surface area contributed by atoms with Crippen LogP contribution in [0, 0.1) is 0 Å². The lowest BCUT2D eigenvalue weighted by Crippen LogP contribution is -2.27. The summed E-state index contributed by atoms with van der Waals surface area (Å²) in [5.41, 5.74) is 2.13. The topological polar surface area (TPSA) is 76.8 Å². The number of carbonyl (C=O) groups excluding carboxylic acids is 3. The second kappa shape index (κ2) is 9.06. The molecule has 7 heteroatoms. The molecule has 1 saturated heterocycles. The molecule has 1 aliphatic rings. The van der Waals surface area contributed by atoms with E-state index in [2.05, 4.69) is 0 Å². The summed E-state index contributed by atoms with van der Waals surface area (Å²) in [7, 11) is 0. The van der Waals surface area contributed by atoms with Crippen molar-refractivity contribution < 1.29 is 23.5 Å². The van der Waals surface area contributed by atoms with Crippen LogP contribution in [0.25, 0.3) is 17.4 Å². The molecule has 0 saturated carbocycles. The number of thioether (sulfide) groups is 1. The van der Waals surface area contributed by atoms with Crippen molar-refractivity contribution in [2.45, 2.75) is 13.5 Å². The van der Waals surface area contributed by atoms with Crippen molar-refractivity contribution in [2.75, 3.05) is 6.61 Å². The number of hydrogen-bond donors (Lipinski definition) is 0. The molecule has 31 heavy (non-hydrogen) atoms. The maximum Gasteiger partial charge on any atom is 0.338 e. The van der Waals surface area contributed by atoms with Gasteiger partial charge in [0.2, 0.25) is 0 Å². The van der Waals surface area contributed by atoms with Gasteiger partial charge >= 0.3 is 5.97 Å². The van der Waals surface area contributed by atoms with E-state index in [-0.39, 0.29) is 23.7 Å². The number of hydrogen-bond acceptors (Lipinski definition) is 6. The number of benzene rings is 2. The Morgan fingerprint density at radius 1 is 1.03 bits per heavy atom. The van der Waals surface area contributed by atoms with Crippen molar-refractivity contribution in [2.24, 2.45) is 0 Å². The molecule has 6 nitrogen and oxygen atoms in total. The number of nitrogens with zero attached hydrogens (tertiary/aromatic N) is 1. The fourth-order valence-electron chi connectivity index (χ4n) is 3.10. The molecule has 2 aromatic carbocycles. The lowest BCUT2D eigenvalue weighted by atomic mass is 10.1. The predicted molar refractivity (Wildman–Crippen MR) is 118 cm³/mol. The quantitative estimate of drug-likeness (QED) is 0.385. The Labute approximate surface area is 183 Å². The number of esters is 1. The zero-order valence-electron chi connectivity index (χ0n) is 16.7. The van der Waals surface area contributed by atoms with Gasteiger partial charge in [-0.05, 0) is 48.5 Å². The first-order valence-corrected chi connectivity index (χ1v) is 10.5. The van der Waals surface area contributed by atoms with E-state index in [1.807, 2.05) is 30.3 Å². The van der Waals surface area contributed by atoms with E-state index in [0.29, 0.717) is 28.6 Å². The molecule has 3 aromatic rings. The second-order valence-corrected chi connectivity index (χ2v) is 7.75. The van der Waals surface area contributed by atoms with Gasteiger partial charge in [0, 0.05) is 11.6 Å². The van der Waals surface area contributed by atoms with Gasteiger partial charge in [-0.1, -0.05) is 42.5 Å². The predicted octanol–water partition coefficient (Wildman–Crippen LogP) is 5.36. The largest absolute Gasteiger partial charge is 0.462 e. The van der Waals surface area contributed by atoms with Crippen LogP contribution in [0.1, 0.15) is 28.6 Å². The molecule has 2 amide bonds. The lowest BCUT2D eigenvalue weighted by Gasteiger charge is -2.11. The highest BCUT2D eigenvalue weighted by Gasteiger charge is 2.35. The highest BCUT2D eigenvalue weighted by molar-refractivity contribution is 8.18. The minimum absolute atomic E-state index is 0.235. The van der Waals surface area contributed by atoms with Gasteiger partial charge in [-0.2, -0.15) is 0 Å². The zero-order chi connectivity index (χ0) is 21.8. The number of rotatable bonds is 6. The molecule has 156 valence electrons. The van der Waals surface area contributed by atoms with Crippen LogP contribution in [-0.4, -0.2) is 28.6 Å². The molecule has 2 heterocycles. The van der Waals surface area contributed by atoms with Crippen LogP contribution < -0.4 is 0 Å². The fraction of sp³-hybridized carbons (Fsp3) is 0.125. The summed E-state index contributed by atoms with van der Waals surface area (Å²) >= 11 is 0.898. The molecule has 0 N–H and O–H groups in total. The molecule has 0 radical (unpaired) electrons. The van der Waals surface area contributed by atoms with Gasteiger partial charge < -0.3 is 9.15 Å². The Balaban J connectivity index is 1.48. The number of amides is 2. The third kappa shape index (κ3) is 4.62. The van der Waals surface area contributed by atoms with Gasteiger partial charge in [0.05, 0.1) is 23.6 Å². The summed E-state index contributed by atoms with van der Waals surface area (Å²) in [6, 6.07) is 19.8. The number of ether oxygens (including phenoxy) is 1. The SMILES string of the molecule is CCOC(=O)c1ccc(-c2ccc(/C=C3\SC(=O)N(Cc4ccccc4)C3=O)o2)cc1. The highest BCUT2D eigenvalue weighted by atomic mass is 32.2. The van der Waals surface area contributed by atoms with Crippen LogP contribution >= 0.6 is 11.8 Å². The molecule has 0 aliphatic carbocycles. The number of furan rings is 1. The van der Waals surface area contributed by atoms with E-state index in [4.69, 9.17) is 9.15 Å². The minimum Gasteiger partial charge on any atom is -0.462 e. The van der Waals surface area contributed by atoms with Crippen LogP contribution in [0.4, 0.5) is 4.79 Å². The van der Waals surface area contributed by atoms with Crippen LogP contribution in [0.3, 0.4) is 0 Å². The van der Waals surface area contributed by atoms with Crippen molar-refractivity contribution in [1.82, 2.24) is 4.90 Å². The summed E-state index contributed by atoms with van der Waals surface area (Å²) in [4.78, 5) is 38.3. The molecule has 0 bridgehead atoms. The smallest absolute Gasteiger partial charge is 0.338 e. The van der Waals surface area contributed by atoms with Gasteiger partial charge in [-0.3, -0.25) is 14.5 Å². The van der Waals surface area contributed by atoms with Crippen molar-refractivity contribution in [1.29, 1.82) is 0 Å². The maximum atomic E-state index is 12.7. The summed E-state index contributed by atoms with van der Waals surface area (Å²) in [5.74, 6) is 0.343. The van der Waals surface area contributed by atoms with E-state index in [0.717, 1.165) is 22.9 Å². The molecule has 0 atom stereocenters. The third-order valence-corrected chi connectivity index (χ3v) is 5.55. The zero-order valence-corrected chi connectivity index (χ0v) is 17.6. The molecule has 1 aliphatic heterocycles. The highest BCUT2D eigenvalue weighted by Crippen LogP contribution is 2.34. The van der Waals surface area contributed by atoms with Gasteiger partial charge in [0.25, 0.3) is 11.1 Å².